The number of unbranched alkanes of at least 4 members (excludes halogenated alkanes) is 2. The minimum Gasteiger partial charge on any atom is -0.492 e. The SMILES string of the molecule is CCCCC(CC)COc1cc(/C=C2\C(=O)c3cc(F)c(F)cc3C2=C(C#N)C#N)sc1-c1cc2c(s1)-c1cc3c(cc1C2(c1ccc(C)cc1)c1ccc(C)cc1)-c1sc(-c2sc(/C=C4\C(=O)c5cc(F)c(F)cc5C4=C(C#N)C#N)cc2OCC(CC)CCCC)cc1C3(c1ccc(C)cc1)c1ccc(C)cc1. The van der Waals surface area contributed by atoms with Crippen molar-refractivity contribution in [1.82, 2.24) is 0 Å². The number of aryl methyl sites for hydroxylation is 4. The van der Waals surface area contributed by atoms with Gasteiger partial charge in [0.25, 0.3) is 0 Å². The molecule has 8 nitrogen and oxygen atoms in total. The molecule has 0 N–H and O–H groups in total. The zero-order chi connectivity index (χ0) is 77.2. The summed E-state index contributed by atoms with van der Waals surface area (Å²) in [4.78, 5) is 35.7. The summed E-state index contributed by atoms with van der Waals surface area (Å²) < 4.78 is 74.5. The van der Waals surface area contributed by atoms with Crippen LogP contribution in [0.4, 0.5) is 17.6 Å². The van der Waals surface area contributed by atoms with E-state index in [0.29, 0.717) is 34.5 Å². The summed E-state index contributed by atoms with van der Waals surface area (Å²) in [6.07, 6.45) is 11.0. The molecule has 0 fully saturated rings. The first-order chi connectivity index (χ1) is 53.2. The molecule has 2 atom stereocenters. The van der Waals surface area contributed by atoms with Gasteiger partial charge in [-0.05, 0) is 192 Å². The highest BCUT2D eigenvalue weighted by Crippen LogP contribution is 2.67. The molecule has 0 spiro atoms. The van der Waals surface area contributed by atoms with Crippen molar-refractivity contribution in [3.8, 4) is 76.2 Å². The number of carbonyl (C=O) groups is 2. The van der Waals surface area contributed by atoms with Gasteiger partial charge in [0.1, 0.15) is 46.9 Å². The highest BCUT2D eigenvalue weighted by atomic mass is 32.1. The molecule has 15 rings (SSSR count). The van der Waals surface area contributed by atoms with Crippen LogP contribution in [-0.2, 0) is 10.8 Å². The number of hydrogen-bond acceptors (Lipinski definition) is 12. The second kappa shape index (κ2) is 30.1. The third kappa shape index (κ3) is 12.5. The number of allylic oxidation sites excluding steroid dienone is 6. The van der Waals surface area contributed by atoms with Crippen molar-refractivity contribution in [2.24, 2.45) is 11.8 Å². The molecule has 7 aromatic carbocycles. The van der Waals surface area contributed by atoms with Crippen LogP contribution in [0.1, 0.15) is 187 Å². The molecular weight excluding hydrogens is 1450 g/mol. The summed E-state index contributed by atoms with van der Waals surface area (Å²) in [5, 5.41) is 41.4. The fraction of sp³-hybridized carbons (Fsp3) is 0.234. The summed E-state index contributed by atoms with van der Waals surface area (Å²) in [6, 6.07) is 59.6. The van der Waals surface area contributed by atoms with Crippen LogP contribution in [0.5, 0.6) is 11.5 Å². The number of ketones is 2. The van der Waals surface area contributed by atoms with E-state index in [4.69, 9.17) is 9.47 Å². The van der Waals surface area contributed by atoms with Crippen molar-refractivity contribution in [1.29, 1.82) is 21.0 Å². The van der Waals surface area contributed by atoms with E-state index >= 15 is 17.6 Å². The van der Waals surface area contributed by atoms with E-state index in [2.05, 4.69) is 177 Å². The van der Waals surface area contributed by atoms with Crippen LogP contribution < -0.4 is 9.47 Å². The Labute approximate surface area is 654 Å². The molecule has 4 heterocycles. The molecule has 16 heteroatoms. The molecule has 4 aliphatic carbocycles. The molecule has 0 radical (unpaired) electrons. The maximum absolute atomic E-state index is 15.2. The number of Topliss-reactive ketones (excluding diaryl/α,β-unsaturated/α-hetero) is 2. The number of ether oxygens (including phenoxy) is 2. The van der Waals surface area contributed by atoms with Gasteiger partial charge in [0.2, 0.25) is 0 Å². The molecule has 110 heavy (non-hydrogen) atoms. The van der Waals surface area contributed by atoms with E-state index in [-0.39, 0.29) is 56.4 Å². The number of benzene rings is 7. The standard InChI is InChI=1S/C94H74F4N4O4S4/c1-9-13-15-55(11-3)49-105-81-35-63(33-71-85(57(45-99)46-100)65-39-77(95)79(97)41-67(65)87(71)103)107-91(81)83-43-75-89(109-83)69-37-74-70(38-73(69)93(75,59-25-17-51(5)18-26-59)60-27-19-52(6)20-28-60)90-76(94(74,61-29-21-53(7)22-30-61)62-31-23-54(8)24-32-62)44-84(110-90)92-82(106-50-56(12-4)16-14-10-2)36-64(108-92)34-72-86(58(47-101)48-102)66-40-78(96)80(98)42-68(66)88(72)104/h17-44,55-56H,9-16,49-50H2,1-8H3/b71-33-,72-34-. The topological polar surface area (TPSA) is 148 Å². The number of nitriles is 4. The minimum absolute atomic E-state index is 0.0286. The van der Waals surface area contributed by atoms with Crippen LogP contribution >= 0.6 is 45.3 Å². The Hall–Kier alpha value is -11.1. The number of halogens is 4. The first-order valence-electron chi connectivity index (χ1n) is 37.2. The summed E-state index contributed by atoms with van der Waals surface area (Å²) in [5.74, 6) is -4.54. The molecule has 4 aliphatic rings. The van der Waals surface area contributed by atoms with Crippen molar-refractivity contribution in [3.05, 3.63) is 302 Å². The van der Waals surface area contributed by atoms with E-state index in [9.17, 15) is 30.6 Å². The summed E-state index contributed by atoms with van der Waals surface area (Å²) in [5.41, 5.74) is 11.5. The van der Waals surface area contributed by atoms with Gasteiger partial charge in [0.15, 0.2) is 34.8 Å². The second-order valence-corrected chi connectivity index (χ2v) is 33.4. The highest BCUT2D eigenvalue weighted by Gasteiger charge is 2.54. The zero-order valence-electron chi connectivity index (χ0n) is 62.0. The van der Waals surface area contributed by atoms with Crippen molar-refractivity contribution in [2.75, 3.05) is 13.2 Å². The maximum atomic E-state index is 15.2. The fourth-order valence-electron chi connectivity index (χ4n) is 16.4. The van der Waals surface area contributed by atoms with Crippen LogP contribution in [0.15, 0.2) is 180 Å². The quantitative estimate of drug-likeness (QED) is 0.0370. The molecule has 0 saturated carbocycles. The van der Waals surface area contributed by atoms with Crippen LogP contribution in [0, 0.1) is 108 Å². The Kier molecular flexibility index (Phi) is 20.3. The molecule has 546 valence electrons. The maximum Gasteiger partial charge on any atom is 0.194 e. The predicted octanol–water partition coefficient (Wildman–Crippen LogP) is 25.1. The van der Waals surface area contributed by atoms with E-state index < -0.39 is 56.8 Å². The van der Waals surface area contributed by atoms with E-state index in [1.54, 1.807) is 34.8 Å². The van der Waals surface area contributed by atoms with Crippen molar-refractivity contribution in [3.63, 3.8) is 0 Å². The first kappa shape index (κ1) is 74.4. The highest BCUT2D eigenvalue weighted by molar-refractivity contribution is 7.25. The Balaban J connectivity index is 0.988. The Morgan fingerprint density at radius 3 is 1.03 bits per heavy atom. The fourth-order valence-corrected chi connectivity index (χ4v) is 21.2. The number of hydrogen-bond donors (Lipinski definition) is 0. The van der Waals surface area contributed by atoms with Gasteiger partial charge < -0.3 is 9.47 Å². The van der Waals surface area contributed by atoms with Crippen molar-refractivity contribution in [2.45, 2.75) is 118 Å². The number of fused-ring (bicyclic) bond motifs is 8. The molecule has 11 aromatic rings. The van der Waals surface area contributed by atoms with Crippen LogP contribution in [0.3, 0.4) is 0 Å². The number of thiophene rings is 4. The Morgan fingerprint density at radius 1 is 0.409 bits per heavy atom. The average Bonchev–Trinajstić information content (AvgIpc) is 1.50. The lowest BCUT2D eigenvalue weighted by molar-refractivity contribution is 0.103. The third-order valence-corrected chi connectivity index (χ3v) is 27.1. The average molecular weight is 1530 g/mol. The summed E-state index contributed by atoms with van der Waals surface area (Å²) in [6.45, 7) is 17.9. The molecular formula is C94H74F4N4O4S4. The number of nitrogens with zero attached hydrogens (tertiary/aromatic N) is 4. The van der Waals surface area contributed by atoms with E-state index in [1.807, 2.05) is 36.4 Å². The van der Waals surface area contributed by atoms with Gasteiger partial charge in [-0.25, -0.2) is 17.6 Å². The van der Waals surface area contributed by atoms with Gasteiger partial charge >= 0.3 is 0 Å². The van der Waals surface area contributed by atoms with E-state index in [0.717, 1.165) is 183 Å². The largest absolute Gasteiger partial charge is 0.492 e. The molecule has 0 bridgehead atoms. The lowest BCUT2D eigenvalue weighted by Crippen LogP contribution is -2.30. The van der Waals surface area contributed by atoms with Gasteiger partial charge in [-0.1, -0.05) is 186 Å². The molecule has 2 unspecified atom stereocenters. The minimum atomic E-state index is -1.22. The molecule has 0 saturated heterocycles. The zero-order valence-corrected chi connectivity index (χ0v) is 65.2. The lowest BCUT2D eigenvalue weighted by atomic mass is 9.65. The Bertz CT molecular complexity index is 5450. The van der Waals surface area contributed by atoms with Crippen LogP contribution in [-0.4, -0.2) is 24.8 Å². The Morgan fingerprint density at radius 2 is 0.727 bits per heavy atom. The number of rotatable bonds is 22. The van der Waals surface area contributed by atoms with Gasteiger partial charge in [-0.15, -0.1) is 45.3 Å². The van der Waals surface area contributed by atoms with Crippen molar-refractivity contribution >= 4 is 80.2 Å². The second-order valence-electron chi connectivity index (χ2n) is 29.1. The van der Waals surface area contributed by atoms with Gasteiger partial charge in [0.05, 0.1) is 33.8 Å². The van der Waals surface area contributed by atoms with Crippen molar-refractivity contribution < 1.29 is 36.6 Å². The van der Waals surface area contributed by atoms with Gasteiger partial charge in [-0.2, -0.15) is 21.0 Å². The lowest BCUT2D eigenvalue weighted by Gasteiger charge is -2.35. The third-order valence-electron chi connectivity index (χ3n) is 22.3. The van der Waals surface area contributed by atoms with Crippen LogP contribution in [0.25, 0.3) is 63.7 Å². The first-order valence-corrected chi connectivity index (χ1v) is 40.4. The predicted molar refractivity (Wildman–Crippen MR) is 434 cm³/mol. The molecule has 0 aliphatic heterocycles. The van der Waals surface area contributed by atoms with Gasteiger partial charge in [0, 0.05) is 62.7 Å². The smallest absolute Gasteiger partial charge is 0.194 e. The monoisotopic (exact) mass is 1530 g/mol. The van der Waals surface area contributed by atoms with Crippen LogP contribution in [0.2, 0.25) is 0 Å². The molecule has 0 amide bonds. The molecule has 4 aromatic heterocycles. The normalized spacial score (nSPS) is 15.2. The van der Waals surface area contributed by atoms with E-state index in [1.165, 1.54) is 22.7 Å². The number of carbonyl (C=O) groups excluding carboxylic acids is 2. The van der Waals surface area contributed by atoms with Gasteiger partial charge in [-0.3, -0.25) is 9.59 Å². The summed E-state index contributed by atoms with van der Waals surface area (Å²) >= 11 is 6.13. The summed E-state index contributed by atoms with van der Waals surface area (Å²) in [7, 11) is 0.